The predicted octanol–water partition coefficient (Wildman–Crippen LogP) is 8.97. The van der Waals surface area contributed by atoms with Gasteiger partial charge in [0.2, 0.25) is 0 Å². The lowest BCUT2D eigenvalue weighted by Crippen LogP contribution is -1.96. The summed E-state index contributed by atoms with van der Waals surface area (Å²) in [6.07, 6.45) is 3.66. The van der Waals surface area contributed by atoms with E-state index in [0.717, 1.165) is 43.7 Å². The van der Waals surface area contributed by atoms with E-state index in [1.54, 1.807) is 6.20 Å². The number of rotatable bonds is 5. The van der Waals surface area contributed by atoms with Gasteiger partial charge in [-0.05, 0) is 47.0 Å². The third kappa shape index (κ3) is 5.11. The van der Waals surface area contributed by atoms with Gasteiger partial charge in [-0.2, -0.15) is 0 Å². The highest BCUT2D eigenvalue weighted by Crippen LogP contribution is 2.33. The molecule has 0 saturated carbocycles. The quantitative estimate of drug-likeness (QED) is 0.219. The number of halogens is 1. The highest BCUT2D eigenvalue weighted by molar-refractivity contribution is 9.10. The van der Waals surface area contributed by atoms with E-state index in [1.807, 2.05) is 48.7 Å². The number of aromatic nitrogens is 3. The minimum absolute atomic E-state index is 0.697. The molecule has 0 saturated heterocycles. The second-order valence-electron chi connectivity index (χ2n) is 8.74. The molecule has 4 aromatic carbocycles. The molecule has 0 aliphatic carbocycles. The Bertz CT molecular complexity index is 1650. The second kappa shape index (κ2) is 10.3. The molecule has 0 aliphatic rings. The van der Waals surface area contributed by atoms with Gasteiger partial charge in [-0.3, -0.25) is 4.98 Å². The average Bonchev–Trinajstić information content (AvgIpc) is 2.98. The van der Waals surface area contributed by atoms with Gasteiger partial charge in [0.15, 0.2) is 5.82 Å². The van der Waals surface area contributed by atoms with Crippen LogP contribution in [0, 0.1) is 0 Å². The van der Waals surface area contributed by atoms with Crippen LogP contribution in [0.25, 0.3) is 56.2 Å². The molecule has 0 aliphatic heterocycles. The lowest BCUT2D eigenvalue weighted by molar-refractivity contribution is 1.18. The SMILES string of the molecule is Brc1cc(-c2cccnc2)cc(-c2cc(-c3ccc(-c4ccccc4)cc3)nc(-c3ccccc3)n2)c1. The third-order valence-electron chi connectivity index (χ3n) is 6.23. The lowest BCUT2D eigenvalue weighted by atomic mass is 10.0. The van der Waals surface area contributed by atoms with Crippen molar-refractivity contribution in [3.05, 3.63) is 138 Å². The Morgan fingerprint density at radius 3 is 1.68 bits per heavy atom. The van der Waals surface area contributed by atoms with Crippen LogP contribution in [-0.2, 0) is 0 Å². The summed E-state index contributed by atoms with van der Waals surface area (Å²) in [6, 6.07) is 41.5. The van der Waals surface area contributed by atoms with Crippen molar-refractivity contribution < 1.29 is 0 Å². The number of benzene rings is 4. The van der Waals surface area contributed by atoms with Crippen LogP contribution in [0.2, 0.25) is 0 Å². The average molecular weight is 540 g/mol. The van der Waals surface area contributed by atoms with Gasteiger partial charge in [-0.15, -0.1) is 0 Å². The molecular formula is C33H22BrN3. The first-order valence-corrected chi connectivity index (χ1v) is 12.8. The molecule has 4 heteroatoms. The Kier molecular flexibility index (Phi) is 6.40. The van der Waals surface area contributed by atoms with Crippen molar-refractivity contribution in [1.29, 1.82) is 0 Å². The van der Waals surface area contributed by atoms with Crippen LogP contribution < -0.4 is 0 Å². The summed E-state index contributed by atoms with van der Waals surface area (Å²) < 4.78 is 0.984. The summed E-state index contributed by atoms with van der Waals surface area (Å²) in [5, 5.41) is 0. The molecule has 176 valence electrons. The summed E-state index contributed by atoms with van der Waals surface area (Å²) in [5.74, 6) is 0.697. The van der Waals surface area contributed by atoms with E-state index >= 15 is 0 Å². The van der Waals surface area contributed by atoms with Gasteiger partial charge in [0.1, 0.15) is 0 Å². The van der Waals surface area contributed by atoms with E-state index in [4.69, 9.17) is 9.97 Å². The van der Waals surface area contributed by atoms with Crippen LogP contribution in [-0.4, -0.2) is 15.0 Å². The molecule has 0 bridgehead atoms. The topological polar surface area (TPSA) is 38.7 Å². The van der Waals surface area contributed by atoms with Gasteiger partial charge < -0.3 is 0 Å². The first-order valence-electron chi connectivity index (χ1n) is 12.0. The highest BCUT2D eigenvalue weighted by atomic mass is 79.9. The minimum atomic E-state index is 0.697. The zero-order valence-electron chi connectivity index (χ0n) is 19.9. The van der Waals surface area contributed by atoms with Crippen molar-refractivity contribution in [3.8, 4) is 56.2 Å². The Morgan fingerprint density at radius 2 is 1.00 bits per heavy atom. The largest absolute Gasteiger partial charge is 0.264 e. The molecule has 0 unspecified atom stereocenters. The maximum absolute atomic E-state index is 4.99. The second-order valence-corrected chi connectivity index (χ2v) is 9.66. The van der Waals surface area contributed by atoms with E-state index in [-0.39, 0.29) is 0 Å². The summed E-state index contributed by atoms with van der Waals surface area (Å²) in [7, 11) is 0. The monoisotopic (exact) mass is 539 g/mol. The van der Waals surface area contributed by atoms with Crippen molar-refractivity contribution in [2.75, 3.05) is 0 Å². The van der Waals surface area contributed by atoms with E-state index < -0.39 is 0 Å². The molecule has 0 spiro atoms. The number of pyridine rings is 1. The third-order valence-corrected chi connectivity index (χ3v) is 6.69. The number of hydrogen-bond acceptors (Lipinski definition) is 3. The fraction of sp³-hybridized carbons (Fsp3) is 0. The predicted molar refractivity (Wildman–Crippen MR) is 155 cm³/mol. The van der Waals surface area contributed by atoms with Crippen LogP contribution in [0.4, 0.5) is 0 Å². The Labute approximate surface area is 224 Å². The summed E-state index contributed by atoms with van der Waals surface area (Å²) in [4.78, 5) is 14.3. The summed E-state index contributed by atoms with van der Waals surface area (Å²) >= 11 is 3.70. The Morgan fingerprint density at radius 1 is 0.432 bits per heavy atom. The van der Waals surface area contributed by atoms with E-state index in [2.05, 4.69) is 99.8 Å². The van der Waals surface area contributed by atoms with Crippen LogP contribution in [0.15, 0.2) is 138 Å². The van der Waals surface area contributed by atoms with Gasteiger partial charge in [-0.1, -0.05) is 107 Å². The molecular weight excluding hydrogens is 518 g/mol. The van der Waals surface area contributed by atoms with Crippen LogP contribution in [0.5, 0.6) is 0 Å². The van der Waals surface area contributed by atoms with E-state index in [9.17, 15) is 0 Å². The smallest absolute Gasteiger partial charge is 0.160 e. The molecule has 6 aromatic rings. The van der Waals surface area contributed by atoms with Gasteiger partial charge in [-0.25, -0.2) is 9.97 Å². The van der Waals surface area contributed by atoms with Crippen molar-refractivity contribution in [3.63, 3.8) is 0 Å². The highest BCUT2D eigenvalue weighted by Gasteiger charge is 2.13. The zero-order chi connectivity index (χ0) is 25.0. The molecule has 0 fully saturated rings. The van der Waals surface area contributed by atoms with Gasteiger partial charge in [0.05, 0.1) is 11.4 Å². The molecule has 6 rings (SSSR count). The maximum atomic E-state index is 4.99. The molecule has 0 atom stereocenters. The molecule has 0 radical (unpaired) electrons. The van der Waals surface area contributed by atoms with Gasteiger partial charge in [0.25, 0.3) is 0 Å². The normalized spacial score (nSPS) is 10.8. The van der Waals surface area contributed by atoms with Crippen LogP contribution >= 0.6 is 15.9 Å². The van der Waals surface area contributed by atoms with Crippen LogP contribution in [0.3, 0.4) is 0 Å². The van der Waals surface area contributed by atoms with E-state index in [0.29, 0.717) is 5.82 Å². The zero-order valence-corrected chi connectivity index (χ0v) is 21.5. The maximum Gasteiger partial charge on any atom is 0.160 e. The first kappa shape index (κ1) is 23.0. The van der Waals surface area contributed by atoms with Crippen molar-refractivity contribution in [2.24, 2.45) is 0 Å². The molecule has 3 nitrogen and oxygen atoms in total. The van der Waals surface area contributed by atoms with Crippen LogP contribution in [0.1, 0.15) is 0 Å². The first-order chi connectivity index (χ1) is 18.2. The summed E-state index contributed by atoms with van der Waals surface area (Å²) in [6.45, 7) is 0. The van der Waals surface area contributed by atoms with Crippen molar-refractivity contribution >= 4 is 15.9 Å². The molecule has 2 heterocycles. The standard InChI is InChI=1S/C33H22BrN3/c34-30-19-28(27-12-7-17-35-22-27)18-29(20-30)32-21-31(36-33(37-32)26-10-5-2-6-11-26)25-15-13-24(14-16-25)23-8-3-1-4-9-23/h1-22H. The fourth-order valence-electron chi connectivity index (χ4n) is 4.36. The van der Waals surface area contributed by atoms with Gasteiger partial charge >= 0.3 is 0 Å². The minimum Gasteiger partial charge on any atom is -0.264 e. The number of nitrogens with zero attached hydrogens (tertiary/aromatic N) is 3. The Balaban J connectivity index is 1.47. The number of hydrogen-bond donors (Lipinski definition) is 0. The molecule has 2 aromatic heterocycles. The van der Waals surface area contributed by atoms with Crippen molar-refractivity contribution in [1.82, 2.24) is 15.0 Å². The molecule has 0 amide bonds. The Hall–Kier alpha value is -4.41. The fourth-order valence-corrected chi connectivity index (χ4v) is 4.85. The van der Waals surface area contributed by atoms with Crippen molar-refractivity contribution in [2.45, 2.75) is 0 Å². The van der Waals surface area contributed by atoms with E-state index in [1.165, 1.54) is 11.1 Å². The molecule has 0 N–H and O–H groups in total. The summed E-state index contributed by atoms with van der Waals surface area (Å²) in [5.41, 5.74) is 9.28. The molecule has 37 heavy (non-hydrogen) atoms. The van der Waals surface area contributed by atoms with Gasteiger partial charge in [0, 0.05) is 39.1 Å². The lowest BCUT2D eigenvalue weighted by Gasteiger charge is -2.12.